The second kappa shape index (κ2) is 5.32. The third kappa shape index (κ3) is 2.77. The molecule has 0 radical (unpaired) electrons. The third-order valence-corrected chi connectivity index (χ3v) is 2.85. The van der Waals surface area contributed by atoms with E-state index in [2.05, 4.69) is 4.98 Å². The van der Waals surface area contributed by atoms with Crippen LogP contribution in [-0.2, 0) is 4.74 Å². The Bertz CT molecular complexity index is 421. The van der Waals surface area contributed by atoms with Gasteiger partial charge in [0, 0.05) is 19.3 Å². The number of anilines is 1. The summed E-state index contributed by atoms with van der Waals surface area (Å²) in [5.74, 6) is 0.270. The molecule has 2 rings (SSSR count). The molecule has 1 aromatic heterocycles. The molecule has 1 aliphatic rings. The quantitative estimate of drug-likeness (QED) is 0.765. The van der Waals surface area contributed by atoms with Gasteiger partial charge in [0.15, 0.2) is 0 Å². The van der Waals surface area contributed by atoms with E-state index in [1.807, 2.05) is 6.92 Å². The van der Waals surface area contributed by atoms with E-state index in [9.17, 15) is 4.79 Å². The molecule has 2 unspecified atom stereocenters. The molecule has 1 fully saturated rings. The van der Waals surface area contributed by atoms with Gasteiger partial charge in [0.25, 0.3) is 5.91 Å². The van der Waals surface area contributed by atoms with Crippen molar-refractivity contribution in [3.05, 3.63) is 23.9 Å². The van der Waals surface area contributed by atoms with Gasteiger partial charge in [0.05, 0.1) is 24.4 Å². The highest BCUT2D eigenvalue weighted by molar-refractivity contribution is 5.94. The minimum atomic E-state index is -0.320. The second-order valence-electron chi connectivity index (χ2n) is 4.43. The zero-order chi connectivity index (χ0) is 13.1. The summed E-state index contributed by atoms with van der Waals surface area (Å²) in [5, 5.41) is 9.12. The first kappa shape index (κ1) is 12.8. The molecule has 3 N–H and O–H groups in total. The van der Waals surface area contributed by atoms with Crippen molar-refractivity contribution in [3.63, 3.8) is 0 Å². The molecule has 98 valence electrons. The Balaban J connectivity index is 2.10. The van der Waals surface area contributed by atoms with Crippen molar-refractivity contribution < 1.29 is 14.6 Å². The number of carbonyl (C=O) groups excluding carboxylic acids is 1. The normalized spacial score (nSPS) is 24.0. The monoisotopic (exact) mass is 251 g/mol. The number of morpholine rings is 1. The van der Waals surface area contributed by atoms with Crippen LogP contribution in [0.3, 0.4) is 0 Å². The molecule has 18 heavy (non-hydrogen) atoms. The highest BCUT2D eigenvalue weighted by atomic mass is 16.5. The van der Waals surface area contributed by atoms with E-state index < -0.39 is 0 Å². The van der Waals surface area contributed by atoms with Gasteiger partial charge >= 0.3 is 0 Å². The van der Waals surface area contributed by atoms with Crippen LogP contribution in [0.5, 0.6) is 0 Å². The maximum atomic E-state index is 12.2. The fourth-order valence-electron chi connectivity index (χ4n) is 2.03. The molecular formula is C12H17N3O3. The Labute approximate surface area is 105 Å². The van der Waals surface area contributed by atoms with Crippen molar-refractivity contribution in [1.82, 2.24) is 9.88 Å². The summed E-state index contributed by atoms with van der Waals surface area (Å²) >= 11 is 0. The van der Waals surface area contributed by atoms with Gasteiger partial charge in [-0.05, 0) is 19.1 Å². The smallest absolute Gasteiger partial charge is 0.255 e. The third-order valence-electron chi connectivity index (χ3n) is 2.85. The number of nitrogen functional groups attached to an aromatic ring is 1. The molecule has 2 heterocycles. The number of ether oxygens (including phenoxy) is 1. The number of aliphatic hydroxyl groups is 1. The van der Waals surface area contributed by atoms with Gasteiger partial charge in [-0.1, -0.05) is 0 Å². The summed E-state index contributed by atoms with van der Waals surface area (Å²) in [6.07, 6.45) is 1.06. The van der Waals surface area contributed by atoms with E-state index in [0.717, 1.165) is 0 Å². The SMILES string of the molecule is CC1CN(C(=O)c2ccc(N)nc2)CC(CO)O1. The Morgan fingerprint density at radius 1 is 1.61 bits per heavy atom. The van der Waals surface area contributed by atoms with Crippen molar-refractivity contribution in [2.75, 3.05) is 25.4 Å². The molecule has 0 spiro atoms. The van der Waals surface area contributed by atoms with Crippen molar-refractivity contribution in [1.29, 1.82) is 0 Å². The number of pyridine rings is 1. The number of carbonyl (C=O) groups is 1. The van der Waals surface area contributed by atoms with Crippen LogP contribution < -0.4 is 5.73 Å². The van der Waals surface area contributed by atoms with Crippen molar-refractivity contribution in [3.8, 4) is 0 Å². The number of rotatable bonds is 2. The molecule has 0 aliphatic carbocycles. The molecule has 6 heteroatoms. The lowest BCUT2D eigenvalue weighted by atomic mass is 10.2. The van der Waals surface area contributed by atoms with E-state index in [0.29, 0.717) is 24.5 Å². The van der Waals surface area contributed by atoms with Crippen LogP contribution in [0.25, 0.3) is 0 Å². The Kier molecular flexibility index (Phi) is 3.78. The molecule has 1 aromatic rings. The van der Waals surface area contributed by atoms with Crippen LogP contribution in [0.2, 0.25) is 0 Å². The topological polar surface area (TPSA) is 88.7 Å². The predicted octanol–water partition coefficient (Wildman–Crippen LogP) is -0.114. The first-order valence-corrected chi connectivity index (χ1v) is 5.87. The van der Waals surface area contributed by atoms with Crippen molar-refractivity contribution >= 4 is 11.7 Å². The number of nitrogens with zero attached hydrogens (tertiary/aromatic N) is 2. The molecule has 2 atom stereocenters. The molecule has 0 aromatic carbocycles. The lowest BCUT2D eigenvalue weighted by molar-refractivity contribution is -0.0858. The maximum absolute atomic E-state index is 12.2. The zero-order valence-electron chi connectivity index (χ0n) is 10.2. The second-order valence-corrected chi connectivity index (χ2v) is 4.43. The highest BCUT2D eigenvalue weighted by Gasteiger charge is 2.28. The lowest BCUT2D eigenvalue weighted by Crippen LogP contribution is -2.50. The Morgan fingerprint density at radius 3 is 3.00 bits per heavy atom. The van der Waals surface area contributed by atoms with Gasteiger partial charge in [-0.15, -0.1) is 0 Å². The van der Waals surface area contributed by atoms with Crippen molar-refractivity contribution in [2.45, 2.75) is 19.1 Å². The number of amides is 1. The number of hydrogen-bond donors (Lipinski definition) is 2. The van der Waals surface area contributed by atoms with Gasteiger partial charge in [0.2, 0.25) is 0 Å². The molecular weight excluding hydrogens is 234 g/mol. The molecule has 0 bridgehead atoms. The number of hydrogen-bond acceptors (Lipinski definition) is 5. The van der Waals surface area contributed by atoms with Gasteiger partial charge in [-0.3, -0.25) is 4.79 Å². The van der Waals surface area contributed by atoms with E-state index in [1.165, 1.54) is 6.20 Å². The van der Waals surface area contributed by atoms with Crippen LogP contribution in [0.1, 0.15) is 17.3 Å². The van der Waals surface area contributed by atoms with Gasteiger partial charge in [-0.25, -0.2) is 4.98 Å². The number of aliphatic hydroxyl groups excluding tert-OH is 1. The molecule has 0 saturated carbocycles. The van der Waals surface area contributed by atoms with Crippen LogP contribution in [0, 0.1) is 0 Å². The molecule has 6 nitrogen and oxygen atoms in total. The first-order chi connectivity index (χ1) is 8.60. The summed E-state index contributed by atoms with van der Waals surface area (Å²) < 4.78 is 5.49. The van der Waals surface area contributed by atoms with Crippen LogP contribution in [-0.4, -0.2) is 52.8 Å². The molecule has 1 saturated heterocycles. The molecule has 1 aliphatic heterocycles. The Hall–Kier alpha value is -1.66. The summed E-state index contributed by atoms with van der Waals surface area (Å²) in [4.78, 5) is 17.8. The molecule has 1 amide bonds. The van der Waals surface area contributed by atoms with Crippen LogP contribution >= 0.6 is 0 Å². The van der Waals surface area contributed by atoms with Crippen LogP contribution in [0.15, 0.2) is 18.3 Å². The van der Waals surface area contributed by atoms with Gasteiger partial charge in [-0.2, -0.15) is 0 Å². The van der Waals surface area contributed by atoms with E-state index >= 15 is 0 Å². The van der Waals surface area contributed by atoms with E-state index in [-0.39, 0.29) is 24.7 Å². The van der Waals surface area contributed by atoms with Gasteiger partial charge in [0.1, 0.15) is 5.82 Å². The highest BCUT2D eigenvalue weighted by Crippen LogP contribution is 2.14. The summed E-state index contributed by atoms with van der Waals surface area (Å²) in [6.45, 7) is 2.70. The summed E-state index contributed by atoms with van der Waals surface area (Å²) in [7, 11) is 0. The van der Waals surface area contributed by atoms with Gasteiger partial charge < -0.3 is 20.5 Å². The van der Waals surface area contributed by atoms with E-state index in [4.69, 9.17) is 15.6 Å². The minimum Gasteiger partial charge on any atom is -0.394 e. The fourth-order valence-corrected chi connectivity index (χ4v) is 2.03. The number of aromatic nitrogens is 1. The standard InChI is InChI=1S/C12H17N3O3/c1-8-5-15(6-10(7-16)18-8)12(17)9-2-3-11(13)14-4-9/h2-4,8,10,16H,5-7H2,1H3,(H2,13,14). The first-order valence-electron chi connectivity index (χ1n) is 5.87. The van der Waals surface area contributed by atoms with E-state index in [1.54, 1.807) is 17.0 Å². The zero-order valence-corrected chi connectivity index (χ0v) is 10.2. The largest absolute Gasteiger partial charge is 0.394 e. The maximum Gasteiger partial charge on any atom is 0.255 e. The predicted molar refractivity (Wildman–Crippen MR) is 66.0 cm³/mol. The number of nitrogens with two attached hydrogens (primary N) is 1. The summed E-state index contributed by atoms with van der Waals surface area (Å²) in [5.41, 5.74) is 5.98. The summed E-state index contributed by atoms with van der Waals surface area (Å²) in [6, 6.07) is 3.25. The Morgan fingerprint density at radius 2 is 2.39 bits per heavy atom. The van der Waals surface area contributed by atoms with Crippen molar-refractivity contribution in [2.24, 2.45) is 0 Å². The lowest BCUT2D eigenvalue weighted by Gasteiger charge is -2.36. The van der Waals surface area contributed by atoms with Crippen LogP contribution in [0.4, 0.5) is 5.82 Å². The average molecular weight is 251 g/mol. The minimum absolute atomic E-state index is 0.0819. The fraction of sp³-hybridized carbons (Fsp3) is 0.500. The average Bonchev–Trinajstić information content (AvgIpc) is 2.38.